The standard InChI is InChI=1S/C17H19FN2O5S/c1-24-14-7-8-16(25-2)15(10-14)20(26(3,22)23)11-17(21)19-13-6-4-5-12(18)9-13/h4-10H,11H2,1-3H3,(H,19,21). The van der Waals surface area contributed by atoms with Gasteiger partial charge in [0.2, 0.25) is 15.9 Å². The van der Waals surface area contributed by atoms with Crippen LogP contribution in [0.3, 0.4) is 0 Å². The molecule has 0 radical (unpaired) electrons. The number of carbonyl (C=O) groups excluding carboxylic acids is 1. The van der Waals surface area contributed by atoms with Gasteiger partial charge in [-0.05, 0) is 30.3 Å². The zero-order chi connectivity index (χ0) is 19.3. The van der Waals surface area contributed by atoms with Gasteiger partial charge in [0.25, 0.3) is 0 Å². The molecular formula is C17H19FN2O5S. The molecule has 0 bridgehead atoms. The minimum Gasteiger partial charge on any atom is -0.497 e. The van der Waals surface area contributed by atoms with Gasteiger partial charge in [-0.3, -0.25) is 9.10 Å². The van der Waals surface area contributed by atoms with Crippen LogP contribution < -0.4 is 19.1 Å². The zero-order valence-corrected chi connectivity index (χ0v) is 15.3. The summed E-state index contributed by atoms with van der Waals surface area (Å²) >= 11 is 0. The van der Waals surface area contributed by atoms with Gasteiger partial charge < -0.3 is 14.8 Å². The lowest BCUT2D eigenvalue weighted by molar-refractivity contribution is -0.114. The summed E-state index contributed by atoms with van der Waals surface area (Å²) in [5.74, 6) is -0.488. The highest BCUT2D eigenvalue weighted by atomic mass is 32.2. The number of amides is 1. The number of halogens is 1. The van der Waals surface area contributed by atoms with Crippen molar-refractivity contribution in [1.29, 1.82) is 0 Å². The highest BCUT2D eigenvalue weighted by Crippen LogP contribution is 2.33. The first-order valence-electron chi connectivity index (χ1n) is 7.49. The Morgan fingerprint density at radius 3 is 2.46 bits per heavy atom. The number of methoxy groups -OCH3 is 2. The Kier molecular flexibility index (Phi) is 6.04. The predicted octanol–water partition coefficient (Wildman–Crippen LogP) is 2.25. The Labute approximate surface area is 151 Å². The maximum absolute atomic E-state index is 13.2. The third kappa shape index (κ3) is 4.85. The highest BCUT2D eigenvalue weighted by Gasteiger charge is 2.24. The van der Waals surface area contributed by atoms with Gasteiger partial charge in [0.05, 0.1) is 26.2 Å². The summed E-state index contributed by atoms with van der Waals surface area (Å²) in [6.45, 7) is -0.515. The van der Waals surface area contributed by atoms with Crippen LogP contribution in [0.25, 0.3) is 0 Å². The summed E-state index contributed by atoms with van der Waals surface area (Å²) in [4.78, 5) is 12.3. The largest absolute Gasteiger partial charge is 0.497 e. The second-order valence-corrected chi connectivity index (χ2v) is 7.27. The first kappa shape index (κ1) is 19.5. The molecule has 1 amide bonds. The van der Waals surface area contributed by atoms with Gasteiger partial charge in [0.15, 0.2) is 0 Å². The summed E-state index contributed by atoms with van der Waals surface area (Å²) in [6, 6.07) is 9.90. The molecule has 0 unspecified atom stereocenters. The molecule has 2 aromatic rings. The molecule has 0 saturated carbocycles. The number of ether oxygens (including phenoxy) is 2. The van der Waals surface area contributed by atoms with E-state index in [1.165, 1.54) is 44.6 Å². The van der Waals surface area contributed by atoms with Crippen molar-refractivity contribution in [1.82, 2.24) is 0 Å². The molecule has 0 atom stereocenters. The molecule has 9 heteroatoms. The molecular weight excluding hydrogens is 363 g/mol. The van der Waals surface area contributed by atoms with E-state index in [0.717, 1.165) is 16.6 Å². The fourth-order valence-corrected chi connectivity index (χ4v) is 3.12. The first-order valence-corrected chi connectivity index (χ1v) is 9.34. The zero-order valence-electron chi connectivity index (χ0n) is 14.5. The van der Waals surface area contributed by atoms with Gasteiger partial charge in [0, 0.05) is 11.8 Å². The first-order chi connectivity index (χ1) is 12.2. The van der Waals surface area contributed by atoms with E-state index < -0.39 is 28.3 Å². The Balaban J connectivity index is 2.33. The maximum atomic E-state index is 13.2. The topological polar surface area (TPSA) is 84.9 Å². The van der Waals surface area contributed by atoms with E-state index in [0.29, 0.717) is 5.75 Å². The van der Waals surface area contributed by atoms with Crippen LogP contribution in [0.2, 0.25) is 0 Å². The van der Waals surface area contributed by atoms with Gasteiger partial charge in [-0.25, -0.2) is 12.8 Å². The van der Waals surface area contributed by atoms with Crippen LogP contribution >= 0.6 is 0 Å². The van der Waals surface area contributed by atoms with Gasteiger partial charge in [0.1, 0.15) is 23.9 Å². The Hall–Kier alpha value is -2.81. The molecule has 7 nitrogen and oxygen atoms in total. The number of rotatable bonds is 7. The molecule has 0 aromatic heterocycles. The van der Waals surface area contributed by atoms with Gasteiger partial charge in [-0.1, -0.05) is 6.07 Å². The number of hydrogen-bond donors (Lipinski definition) is 1. The molecule has 0 spiro atoms. The van der Waals surface area contributed by atoms with Crippen molar-refractivity contribution in [3.8, 4) is 11.5 Å². The monoisotopic (exact) mass is 382 g/mol. The van der Waals surface area contributed by atoms with Crippen molar-refractivity contribution in [3.63, 3.8) is 0 Å². The molecule has 2 rings (SSSR count). The van der Waals surface area contributed by atoms with Crippen molar-refractivity contribution >= 4 is 27.3 Å². The molecule has 0 heterocycles. The molecule has 1 N–H and O–H groups in total. The third-order valence-electron chi connectivity index (χ3n) is 3.45. The summed E-state index contributed by atoms with van der Waals surface area (Å²) in [5, 5.41) is 2.46. The average Bonchev–Trinajstić information content (AvgIpc) is 2.58. The van der Waals surface area contributed by atoms with E-state index in [1.54, 1.807) is 6.07 Å². The Morgan fingerprint density at radius 1 is 1.15 bits per heavy atom. The van der Waals surface area contributed by atoms with E-state index in [1.807, 2.05) is 0 Å². The third-order valence-corrected chi connectivity index (χ3v) is 4.58. The second-order valence-electron chi connectivity index (χ2n) is 5.37. The molecule has 0 aliphatic rings. The van der Waals surface area contributed by atoms with Crippen LogP contribution in [0.4, 0.5) is 15.8 Å². The lowest BCUT2D eigenvalue weighted by atomic mass is 10.2. The summed E-state index contributed by atoms with van der Waals surface area (Å²) in [6.07, 6.45) is 0.974. The lowest BCUT2D eigenvalue weighted by Gasteiger charge is -2.24. The molecule has 0 aliphatic carbocycles. The SMILES string of the molecule is COc1ccc(OC)c(N(CC(=O)Nc2cccc(F)c2)S(C)(=O)=O)c1. The minimum absolute atomic E-state index is 0.156. The average molecular weight is 382 g/mol. The minimum atomic E-state index is -3.81. The van der Waals surface area contributed by atoms with Crippen molar-refractivity contribution in [2.75, 3.05) is 36.6 Å². The molecule has 0 saturated heterocycles. The maximum Gasteiger partial charge on any atom is 0.245 e. The fourth-order valence-electron chi connectivity index (χ4n) is 2.27. The number of nitrogens with one attached hydrogen (secondary N) is 1. The van der Waals surface area contributed by atoms with Crippen LogP contribution in [0.15, 0.2) is 42.5 Å². The van der Waals surface area contributed by atoms with E-state index >= 15 is 0 Å². The molecule has 0 aliphatic heterocycles. The number of sulfonamides is 1. The number of anilines is 2. The lowest BCUT2D eigenvalue weighted by Crippen LogP contribution is -2.37. The molecule has 140 valence electrons. The summed E-state index contributed by atoms with van der Waals surface area (Å²) < 4.78 is 48.9. The molecule has 2 aromatic carbocycles. The van der Waals surface area contributed by atoms with Crippen molar-refractivity contribution in [2.45, 2.75) is 0 Å². The smallest absolute Gasteiger partial charge is 0.245 e. The number of nitrogens with zero attached hydrogens (tertiary/aromatic N) is 1. The number of benzene rings is 2. The van der Waals surface area contributed by atoms with E-state index in [-0.39, 0.29) is 17.1 Å². The van der Waals surface area contributed by atoms with Crippen molar-refractivity contribution < 1.29 is 27.1 Å². The quantitative estimate of drug-likeness (QED) is 0.794. The van der Waals surface area contributed by atoms with Crippen LogP contribution in [0.5, 0.6) is 11.5 Å². The van der Waals surface area contributed by atoms with Crippen LogP contribution in [-0.2, 0) is 14.8 Å². The van der Waals surface area contributed by atoms with Crippen LogP contribution in [0.1, 0.15) is 0 Å². The van der Waals surface area contributed by atoms with Crippen LogP contribution in [-0.4, -0.2) is 41.3 Å². The van der Waals surface area contributed by atoms with Gasteiger partial charge >= 0.3 is 0 Å². The van der Waals surface area contributed by atoms with E-state index in [2.05, 4.69) is 5.32 Å². The summed E-state index contributed by atoms with van der Waals surface area (Å²) in [7, 11) is -0.983. The Morgan fingerprint density at radius 2 is 1.88 bits per heavy atom. The normalized spacial score (nSPS) is 10.9. The van der Waals surface area contributed by atoms with Crippen molar-refractivity contribution in [2.24, 2.45) is 0 Å². The molecule has 0 fully saturated rings. The highest BCUT2D eigenvalue weighted by molar-refractivity contribution is 7.92. The van der Waals surface area contributed by atoms with Gasteiger partial charge in [-0.2, -0.15) is 0 Å². The van der Waals surface area contributed by atoms with E-state index in [4.69, 9.17) is 9.47 Å². The fraction of sp³-hybridized carbons (Fsp3) is 0.235. The van der Waals surface area contributed by atoms with Gasteiger partial charge in [-0.15, -0.1) is 0 Å². The predicted molar refractivity (Wildman–Crippen MR) is 96.8 cm³/mol. The number of carbonyl (C=O) groups is 1. The van der Waals surface area contributed by atoms with Crippen LogP contribution in [0, 0.1) is 5.82 Å². The van der Waals surface area contributed by atoms with Crippen molar-refractivity contribution in [3.05, 3.63) is 48.3 Å². The number of hydrogen-bond acceptors (Lipinski definition) is 5. The molecule has 26 heavy (non-hydrogen) atoms. The summed E-state index contributed by atoms with van der Waals surface area (Å²) in [5.41, 5.74) is 0.379. The van der Waals surface area contributed by atoms with E-state index in [9.17, 15) is 17.6 Å². The second kappa shape index (κ2) is 8.05. The Bertz CT molecular complexity index is 902.